The fourth-order valence-electron chi connectivity index (χ4n) is 1.78. The Labute approximate surface area is 124 Å². The highest BCUT2D eigenvalue weighted by molar-refractivity contribution is 5.20. The van der Waals surface area contributed by atoms with Crippen LogP contribution >= 0.6 is 0 Å². The summed E-state index contributed by atoms with van der Waals surface area (Å²) in [5.41, 5.74) is 0. The second-order valence-corrected chi connectivity index (χ2v) is 4.26. The largest absolute Gasteiger partial charge is 1.00 e. The van der Waals surface area contributed by atoms with Gasteiger partial charge in [-0.25, -0.2) is 4.57 Å². The summed E-state index contributed by atoms with van der Waals surface area (Å²) in [6.45, 7) is 4.81. The molecule has 0 radical (unpaired) electrons. The zero-order valence-corrected chi connectivity index (χ0v) is 12.8. The number of para-hydroxylation sites is 1. The summed E-state index contributed by atoms with van der Waals surface area (Å²) in [5.74, 6) is 0.934. The predicted molar refractivity (Wildman–Crippen MR) is 69.3 cm³/mol. The first kappa shape index (κ1) is 15.7. The monoisotopic (exact) mass is 325 g/mol. The van der Waals surface area contributed by atoms with Gasteiger partial charge in [0.05, 0.1) is 13.2 Å². The van der Waals surface area contributed by atoms with E-state index in [-0.39, 0.29) is 17.0 Å². The zero-order chi connectivity index (χ0) is 12.6. The van der Waals surface area contributed by atoms with E-state index in [0.29, 0.717) is 0 Å². The lowest BCUT2D eigenvalue weighted by Gasteiger charge is -2.04. The van der Waals surface area contributed by atoms with Crippen LogP contribution in [0.4, 0.5) is 0 Å². The average Bonchev–Trinajstić information content (AvgIpc) is 2.84. The molecule has 0 fully saturated rings. The van der Waals surface area contributed by atoms with Crippen molar-refractivity contribution in [2.75, 3.05) is 6.61 Å². The molecule has 1 aromatic carbocycles. The van der Waals surface area contributed by atoms with Gasteiger partial charge in [0.2, 0.25) is 6.33 Å². The molecule has 2 rings (SSSR count). The van der Waals surface area contributed by atoms with Gasteiger partial charge in [0.1, 0.15) is 12.3 Å². The van der Waals surface area contributed by atoms with Crippen molar-refractivity contribution < 1.29 is 26.3 Å². The van der Waals surface area contributed by atoms with Crippen LogP contribution in [0.3, 0.4) is 0 Å². The van der Waals surface area contributed by atoms with Crippen LogP contribution in [-0.2, 0) is 13.1 Å². The molecule has 0 saturated heterocycles. The summed E-state index contributed by atoms with van der Waals surface area (Å²) in [5, 5.41) is 4.28. The van der Waals surface area contributed by atoms with Gasteiger partial charge in [-0.05, 0) is 18.6 Å². The van der Waals surface area contributed by atoms with Crippen LogP contribution in [0.25, 0.3) is 0 Å². The minimum absolute atomic E-state index is 0. The minimum atomic E-state index is 0. The summed E-state index contributed by atoms with van der Waals surface area (Å²) >= 11 is 0. The summed E-state index contributed by atoms with van der Waals surface area (Å²) in [6, 6.07) is 9.92. The van der Waals surface area contributed by atoms with Crippen LogP contribution < -0.4 is 26.3 Å². The Kier molecular flexibility index (Phi) is 7.18. The first-order chi connectivity index (χ1) is 8.88. The molecule has 104 valence electrons. The quantitative estimate of drug-likeness (QED) is 0.485. The van der Waals surface area contributed by atoms with Crippen LogP contribution in [-0.4, -0.2) is 16.4 Å². The Balaban J connectivity index is 0.00000180. The molecule has 0 spiro atoms. The van der Waals surface area contributed by atoms with Crippen LogP contribution in [0, 0.1) is 0 Å². The molecule has 0 bridgehead atoms. The number of halogens is 1. The van der Waals surface area contributed by atoms with E-state index in [2.05, 4.69) is 16.6 Å². The topological polar surface area (TPSA) is 30.9 Å². The fourth-order valence-corrected chi connectivity index (χ4v) is 1.78. The number of rotatable bonds is 7. The van der Waals surface area contributed by atoms with Crippen LogP contribution in [0.1, 0.15) is 19.8 Å². The Morgan fingerprint density at radius 3 is 2.79 bits per heavy atom. The Morgan fingerprint density at radius 2 is 2.05 bits per heavy atom. The molecule has 1 aromatic heterocycles. The van der Waals surface area contributed by atoms with E-state index in [4.69, 9.17) is 4.74 Å². The van der Waals surface area contributed by atoms with Gasteiger partial charge in [0.25, 0.3) is 6.33 Å². The molecule has 0 aliphatic rings. The number of aromatic nitrogens is 3. The zero-order valence-electron chi connectivity index (χ0n) is 11.2. The molecule has 19 heavy (non-hydrogen) atoms. The number of hydrogen-bond acceptors (Lipinski definition) is 2. The summed E-state index contributed by atoms with van der Waals surface area (Å²) < 4.78 is 9.71. The molecule has 0 aliphatic heterocycles. The first-order valence-electron chi connectivity index (χ1n) is 6.48. The third-order valence-corrected chi connectivity index (χ3v) is 2.66. The van der Waals surface area contributed by atoms with Crippen LogP contribution in [0.15, 0.2) is 43.0 Å². The molecule has 2 aromatic rings. The number of nitrogens with zero attached hydrogens (tertiary/aromatic N) is 3. The molecular formula is C14H20BrN3O. The third-order valence-electron chi connectivity index (χ3n) is 2.66. The van der Waals surface area contributed by atoms with E-state index in [0.717, 1.165) is 38.3 Å². The Morgan fingerprint density at radius 1 is 1.26 bits per heavy atom. The van der Waals surface area contributed by atoms with Gasteiger partial charge in [-0.15, -0.1) is 4.68 Å². The van der Waals surface area contributed by atoms with Crippen molar-refractivity contribution in [3.05, 3.63) is 43.0 Å². The smallest absolute Gasteiger partial charge is 0.265 e. The standard InChI is InChI=1S/C14H20N3O.BrH/c1-2-9-17-13-16(12-15-17)10-6-11-18-14-7-4-3-5-8-14;/h3-5,7-8,12-13H,2,6,9-11H2,1H3;1H/q+1;/p-1. The second kappa shape index (κ2) is 8.69. The van der Waals surface area contributed by atoms with Crippen molar-refractivity contribution in [1.82, 2.24) is 9.78 Å². The van der Waals surface area contributed by atoms with Gasteiger partial charge in [0.15, 0.2) is 0 Å². The summed E-state index contributed by atoms with van der Waals surface area (Å²) in [4.78, 5) is 0. The Hall–Kier alpha value is -1.36. The SMILES string of the molecule is CCCn1c[n+](CCCOc2ccccc2)cn1.[Br-]. The second-order valence-electron chi connectivity index (χ2n) is 4.26. The predicted octanol–water partition coefficient (Wildman–Crippen LogP) is -0.946. The number of hydrogen-bond donors (Lipinski definition) is 0. The van der Waals surface area contributed by atoms with Crippen molar-refractivity contribution in [1.29, 1.82) is 0 Å². The van der Waals surface area contributed by atoms with E-state index < -0.39 is 0 Å². The van der Waals surface area contributed by atoms with E-state index in [9.17, 15) is 0 Å². The Bertz CT molecular complexity index is 459. The molecule has 5 heteroatoms. The van der Waals surface area contributed by atoms with Gasteiger partial charge in [-0.3, -0.25) is 0 Å². The van der Waals surface area contributed by atoms with Gasteiger partial charge in [-0.2, -0.15) is 0 Å². The van der Waals surface area contributed by atoms with E-state index >= 15 is 0 Å². The number of benzene rings is 1. The molecular weight excluding hydrogens is 306 g/mol. The van der Waals surface area contributed by atoms with Gasteiger partial charge < -0.3 is 21.7 Å². The summed E-state index contributed by atoms with van der Waals surface area (Å²) in [6.07, 6.45) is 6.01. The maximum atomic E-state index is 5.64. The average molecular weight is 326 g/mol. The molecule has 4 nitrogen and oxygen atoms in total. The molecule has 0 unspecified atom stereocenters. The maximum absolute atomic E-state index is 5.64. The lowest BCUT2D eigenvalue weighted by molar-refractivity contribution is -0.698. The van der Waals surface area contributed by atoms with Crippen LogP contribution in [0.5, 0.6) is 5.75 Å². The molecule has 0 N–H and O–H groups in total. The fraction of sp³-hybridized carbons (Fsp3) is 0.429. The van der Waals surface area contributed by atoms with E-state index in [1.54, 1.807) is 0 Å². The number of aryl methyl sites for hydroxylation is 2. The highest BCUT2D eigenvalue weighted by Crippen LogP contribution is 2.08. The lowest BCUT2D eigenvalue weighted by atomic mass is 10.3. The minimum Gasteiger partial charge on any atom is -1.00 e. The van der Waals surface area contributed by atoms with Gasteiger partial charge in [0, 0.05) is 11.5 Å². The van der Waals surface area contributed by atoms with Crippen molar-refractivity contribution in [3.63, 3.8) is 0 Å². The number of ether oxygens (including phenoxy) is 1. The van der Waals surface area contributed by atoms with Crippen molar-refractivity contribution in [2.24, 2.45) is 0 Å². The highest BCUT2D eigenvalue weighted by Gasteiger charge is 2.03. The van der Waals surface area contributed by atoms with Crippen molar-refractivity contribution >= 4 is 0 Å². The highest BCUT2D eigenvalue weighted by atomic mass is 79.9. The van der Waals surface area contributed by atoms with Gasteiger partial charge in [-0.1, -0.05) is 25.1 Å². The normalized spacial score (nSPS) is 9.95. The molecule has 1 heterocycles. The van der Waals surface area contributed by atoms with E-state index in [1.165, 1.54) is 0 Å². The maximum Gasteiger partial charge on any atom is 0.265 e. The van der Waals surface area contributed by atoms with E-state index in [1.807, 2.05) is 47.7 Å². The van der Waals surface area contributed by atoms with Gasteiger partial charge >= 0.3 is 0 Å². The molecule has 0 saturated carbocycles. The molecule has 0 amide bonds. The van der Waals surface area contributed by atoms with Crippen molar-refractivity contribution in [2.45, 2.75) is 32.9 Å². The molecule has 0 atom stereocenters. The van der Waals surface area contributed by atoms with Crippen molar-refractivity contribution in [3.8, 4) is 5.75 Å². The molecule has 0 aliphatic carbocycles. The first-order valence-corrected chi connectivity index (χ1v) is 6.48. The summed E-state index contributed by atoms with van der Waals surface area (Å²) in [7, 11) is 0. The van der Waals surface area contributed by atoms with Crippen LogP contribution in [0.2, 0.25) is 0 Å². The third kappa shape index (κ3) is 5.42. The lowest BCUT2D eigenvalue weighted by Crippen LogP contribution is -3.00.